The molecule has 0 aliphatic heterocycles. The lowest BCUT2D eigenvalue weighted by atomic mass is 9.98. The van der Waals surface area contributed by atoms with Crippen LogP contribution in [-0.4, -0.2) is 22.6 Å². The lowest BCUT2D eigenvalue weighted by molar-refractivity contribution is -0.138. The third-order valence-electron chi connectivity index (χ3n) is 2.59. The summed E-state index contributed by atoms with van der Waals surface area (Å²) in [5.74, 6) is -1.61. The summed E-state index contributed by atoms with van der Waals surface area (Å²) in [6.07, 6.45) is 1.67. The van der Waals surface area contributed by atoms with Crippen LogP contribution in [0.5, 0.6) is 0 Å². The monoisotopic (exact) mass is 238 g/mol. The third kappa shape index (κ3) is 1.77. The Labute approximate surface area is 97.0 Å². The summed E-state index contributed by atoms with van der Waals surface area (Å²) < 4.78 is 0. The van der Waals surface area contributed by atoms with E-state index in [4.69, 9.17) is 22.4 Å². The number of fused-ring (bicyclic) bond motifs is 1. The Kier molecular flexibility index (Phi) is 2.85. The molecule has 0 aliphatic carbocycles. The number of aromatic amines is 1. The molecule has 0 saturated heterocycles. The maximum atomic E-state index is 11.0. The predicted molar refractivity (Wildman–Crippen MR) is 62.7 cm³/mol. The van der Waals surface area contributed by atoms with Crippen LogP contribution < -0.4 is 5.73 Å². The second-order valence-electron chi connectivity index (χ2n) is 3.57. The fraction of sp³-hybridized carbons (Fsp3) is 0.182. The lowest BCUT2D eigenvalue weighted by Crippen LogP contribution is -2.20. The Morgan fingerprint density at radius 2 is 2.31 bits per heavy atom. The van der Waals surface area contributed by atoms with Crippen molar-refractivity contribution in [3.05, 3.63) is 35.0 Å². The second-order valence-corrected chi connectivity index (χ2v) is 3.98. The largest absolute Gasteiger partial charge is 0.481 e. The zero-order valence-electron chi connectivity index (χ0n) is 8.40. The molecule has 4 nitrogen and oxygen atoms in total. The van der Waals surface area contributed by atoms with Crippen LogP contribution in [0.3, 0.4) is 0 Å². The van der Waals surface area contributed by atoms with Gasteiger partial charge in [0.15, 0.2) is 0 Å². The van der Waals surface area contributed by atoms with Crippen molar-refractivity contribution < 1.29 is 9.90 Å². The van der Waals surface area contributed by atoms with E-state index >= 15 is 0 Å². The smallest absolute Gasteiger partial charge is 0.312 e. The molecule has 1 atom stereocenters. The highest BCUT2D eigenvalue weighted by atomic mass is 35.5. The number of aliphatic carboxylic acids is 1. The van der Waals surface area contributed by atoms with Crippen LogP contribution in [0.15, 0.2) is 24.4 Å². The molecule has 1 heterocycles. The molecule has 0 aliphatic rings. The van der Waals surface area contributed by atoms with Crippen molar-refractivity contribution in [3.8, 4) is 0 Å². The number of hydrogen-bond acceptors (Lipinski definition) is 2. The number of aromatic nitrogens is 1. The summed E-state index contributed by atoms with van der Waals surface area (Å²) in [6, 6.07) is 5.32. The zero-order chi connectivity index (χ0) is 11.7. The predicted octanol–water partition coefficient (Wildman–Crippen LogP) is 1.95. The van der Waals surface area contributed by atoms with Crippen LogP contribution in [0.1, 0.15) is 11.5 Å². The van der Waals surface area contributed by atoms with Gasteiger partial charge >= 0.3 is 5.97 Å². The topological polar surface area (TPSA) is 79.1 Å². The number of nitrogens with one attached hydrogen (secondary N) is 1. The van der Waals surface area contributed by atoms with Crippen LogP contribution >= 0.6 is 11.6 Å². The molecule has 4 N–H and O–H groups in total. The Morgan fingerprint density at radius 3 is 2.94 bits per heavy atom. The number of H-pyrrole nitrogens is 1. The van der Waals surface area contributed by atoms with E-state index in [9.17, 15) is 4.79 Å². The first-order valence-corrected chi connectivity index (χ1v) is 5.20. The Balaban J connectivity index is 2.52. The number of hydrogen-bond donors (Lipinski definition) is 3. The standard InChI is InChI=1S/C11H11ClN2O2/c12-9-5-14-10-2-1-6(3-7(9)10)8(4-13)11(15)16/h1-3,5,8,14H,4,13H2,(H,15,16). The van der Waals surface area contributed by atoms with Crippen LogP contribution in [0.2, 0.25) is 5.02 Å². The Morgan fingerprint density at radius 1 is 1.56 bits per heavy atom. The number of rotatable bonds is 3. The summed E-state index contributed by atoms with van der Waals surface area (Å²) >= 11 is 5.96. The molecule has 16 heavy (non-hydrogen) atoms. The molecule has 1 unspecified atom stereocenters. The van der Waals surface area contributed by atoms with Gasteiger partial charge in [0, 0.05) is 23.6 Å². The number of benzene rings is 1. The molecule has 0 spiro atoms. The van der Waals surface area contributed by atoms with Crippen molar-refractivity contribution in [2.24, 2.45) is 5.73 Å². The molecular formula is C11H11ClN2O2. The van der Waals surface area contributed by atoms with E-state index in [2.05, 4.69) is 4.98 Å². The van der Waals surface area contributed by atoms with Crippen LogP contribution in [0.25, 0.3) is 10.9 Å². The number of carboxylic acid groups (broad SMARTS) is 1. The maximum Gasteiger partial charge on any atom is 0.312 e. The average molecular weight is 239 g/mol. The highest BCUT2D eigenvalue weighted by Gasteiger charge is 2.18. The first-order chi connectivity index (χ1) is 7.63. The van der Waals surface area contributed by atoms with Gasteiger partial charge in [-0.15, -0.1) is 0 Å². The van der Waals surface area contributed by atoms with E-state index in [1.807, 2.05) is 6.07 Å². The van der Waals surface area contributed by atoms with Gasteiger partial charge in [0.2, 0.25) is 0 Å². The molecule has 5 heteroatoms. The quantitative estimate of drug-likeness (QED) is 0.765. The molecule has 2 aromatic rings. The number of nitrogens with two attached hydrogens (primary N) is 1. The maximum absolute atomic E-state index is 11.0. The molecule has 0 amide bonds. The van der Waals surface area contributed by atoms with Gasteiger partial charge in [-0.2, -0.15) is 0 Å². The Bertz CT molecular complexity index is 536. The summed E-state index contributed by atoms with van der Waals surface area (Å²) in [4.78, 5) is 14.0. The van der Waals surface area contributed by atoms with Gasteiger partial charge in [0.05, 0.1) is 10.9 Å². The fourth-order valence-electron chi connectivity index (χ4n) is 1.70. The molecule has 2 rings (SSSR count). The van der Waals surface area contributed by atoms with Crippen molar-refractivity contribution in [1.82, 2.24) is 4.98 Å². The fourth-order valence-corrected chi connectivity index (χ4v) is 1.91. The van der Waals surface area contributed by atoms with Crippen LogP contribution in [0.4, 0.5) is 0 Å². The van der Waals surface area contributed by atoms with Gasteiger partial charge in [-0.05, 0) is 17.7 Å². The molecular weight excluding hydrogens is 228 g/mol. The van der Waals surface area contributed by atoms with Crippen molar-refractivity contribution in [3.63, 3.8) is 0 Å². The first kappa shape index (κ1) is 11.0. The summed E-state index contributed by atoms with van der Waals surface area (Å²) in [7, 11) is 0. The van der Waals surface area contributed by atoms with Gasteiger partial charge in [-0.3, -0.25) is 4.79 Å². The molecule has 84 valence electrons. The normalized spacial score (nSPS) is 12.9. The highest BCUT2D eigenvalue weighted by Crippen LogP contribution is 2.26. The van der Waals surface area contributed by atoms with E-state index in [0.29, 0.717) is 10.6 Å². The van der Waals surface area contributed by atoms with Gasteiger partial charge in [-0.25, -0.2) is 0 Å². The van der Waals surface area contributed by atoms with Crippen molar-refractivity contribution in [2.45, 2.75) is 5.92 Å². The van der Waals surface area contributed by atoms with E-state index in [-0.39, 0.29) is 6.54 Å². The van der Waals surface area contributed by atoms with Gasteiger partial charge in [-0.1, -0.05) is 17.7 Å². The summed E-state index contributed by atoms with van der Waals surface area (Å²) in [6.45, 7) is 0.0723. The van der Waals surface area contributed by atoms with Crippen LogP contribution in [-0.2, 0) is 4.79 Å². The molecule has 1 aromatic heterocycles. The Hall–Kier alpha value is -1.52. The first-order valence-electron chi connectivity index (χ1n) is 4.83. The molecule has 0 fully saturated rings. The molecule has 0 radical (unpaired) electrons. The van der Waals surface area contributed by atoms with Crippen molar-refractivity contribution in [2.75, 3.05) is 6.54 Å². The minimum atomic E-state index is -0.923. The summed E-state index contributed by atoms with van der Waals surface area (Å²) in [5.41, 5.74) is 7.00. The highest BCUT2D eigenvalue weighted by molar-refractivity contribution is 6.35. The zero-order valence-corrected chi connectivity index (χ0v) is 9.16. The molecule has 0 bridgehead atoms. The minimum Gasteiger partial charge on any atom is -0.481 e. The van der Waals surface area contributed by atoms with Crippen LogP contribution in [0, 0.1) is 0 Å². The van der Waals surface area contributed by atoms with Gasteiger partial charge < -0.3 is 15.8 Å². The van der Waals surface area contributed by atoms with Crippen molar-refractivity contribution in [1.29, 1.82) is 0 Å². The van der Waals surface area contributed by atoms with E-state index in [0.717, 1.165) is 10.9 Å². The van der Waals surface area contributed by atoms with E-state index in [1.54, 1.807) is 18.3 Å². The molecule has 0 saturated carbocycles. The van der Waals surface area contributed by atoms with E-state index < -0.39 is 11.9 Å². The average Bonchev–Trinajstić information content (AvgIpc) is 2.61. The number of carboxylic acids is 1. The van der Waals surface area contributed by atoms with Gasteiger partial charge in [0.1, 0.15) is 0 Å². The van der Waals surface area contributed by atoms with E-state index in [1.165, 1.54) is 0 Å². The minimum absolute atomic E-state index is 0.0723. The summed E-state index contributed by atoms with van der Waals surface area (Å²) in [5, 5.41) is 10.4. The lowest BCUT2D eigenvalue weighted by Gasteiger charge is -2.09. The SMILES string of the molecule is NCC(C(=O)O)c1ccc2[nH]cc(Cl)c2c1. The van der Waals surface area contributed by atoms with Crippen molar-refractivity contribution >= 4 is 28.5 Å². The molecule has 1 aromatic carbocycles. The second kappa shape index (κ2) is 4.15. The number of carbonyl (C=O) groups is 1. The number of halogens is 1. The van der Waals surface area contributed by atoms with Gasteiger partial charge in [0.25, 0.3) is 0 Å². The third-order valence-corrected chi connectivity index (χ3v) is 2.90.